The van der Waals surface area contributed by atoms with E-state index in [2.05, 4.69) is 42.5 Å². The fraction of sp³-hybridized carbons (Fsp3) is 0.111. The lowest BCUT2D eigenvalue weighted by atomic mass is 9.98. The molecule has 0 amide bonds. The molecule has 0 fully saturated rings. The molecule has 2 aliphatic rings. The second kappa shape index (κ2) is 4.57. The standard InChI is InChI=1S/C18H14O2/c1-2-5-13(6-3-1)15-11-14-8-9-17-16(7-4-10-19-17)18(14)20-12-15/h1-9,11H,10,12H2. The van der Waals surface area contributed by atoms with Gasteiger partial charge in [0, 0.05) is 5.56 Å². The van der Waals surface area contributed by atoms with Crippen molar-refractivity contribution in [2.75, 3.05) is 13.2 Å². The van der Waals surface area contributed by atoms with Crippen LogP contribution in [0.25, 0.3) is 17.7 Å². The van der Waals surface area contributed by atoms with Gasteiger partial charge in [-0.2, -0.15) is 0 Å². The molecule has 2 nitrogen and oxygen atoms in total. The maximum Gasteiger partial charge on any atom is 0.137 e. The zero-order chi connectivity index (χ0) is 13.4. The Kier molecular flexibility index (Phi) is 2.59. The van der Waals surface area contributed by atoms with Crippen molar-refractivity contribution in [3.8, 4) is 11.5 Å². The van der Waals surface area contributed by atoms with E-state index in [0.29, 0.717) is 13.2 Å². The summed E-state index contributed by atoms with van der Waals surface area (Å²) in [6.45, 7) is 1.23. The molecule has 0 N–H and O–H groups in total. The molecule has 98 valence electrons. The lowest BCUT2D eigenvalue weighted by molar-refractivity contribution is 0.340. The maximum atomic E-state index is 5.99. The summed E-state index contributed by atoms with van der Waals surface area (Å²) in [6, 6.07) is 14.4. The third-order valence-electron chi connectivity index (χ3n) is 3.65. The summed E-state index contributed by atoms with van der Waals surface area (Å²) in [5.74, 6) is 1.83. The molecule has 2 heteroatoms. The fourth-order valence-corrected chi connectivity index (χ4v) is 2.66. The van der Waals surface area contributed by atoms with Gasteiger partial charge in [-0.05, 0) is 41.5 Å². The Bertz CT molecular complexity index is 712. The molecule has 2 aromatic carbocycles. The fourth-order valence-electron chi connectivity index (χ4n) is 2.66. The van der Waals surface area contributed by atoms with Gasteiger partial charge in [0.1, 0.15) is 24.7 Å². The van der Waals surface area contributed by atoms with E-state index in [4.69, 9.17) is 9.47 Å². The van der Waals surface area contributed by atoms with Crippen molar-refractivity contribution < 1.29 is 9.47 Å². The summed E-state index contributed by atoms with van der Waals surface area (Å²) in [4.78, 5) is 0. The number of hydrogen-bond donors (Lipinski definition) is 0. The normalized spacial score (nSPS) is 15.5. The van der Waals surface area contributed by atoms with Gasteiger partial charge < -0.3 is 9.47 Å². The summed E-state index contributed by atoms with van der Waals surface area (Å²) in [6.07, 6.45) is 6.30. The van der Waals surface area contributed by atoms with Gasteiger partial charge in [0.25, 0.3) is 0 Å². The van der Waals surface area contributed by atoms with Crippen LogP contribution in [0.5, 0.6) is 11.5 Å². The Morgan fingerprint density at radius 2 is 1.80 bits per heavy atom. The van der Waals surface area contributed by atoms with E-state index in [9.17, 15) is 0 Å². The predicted molar refractivity (Wildman–Crippen MR) is 80.8 cm³/mol. The Hall–Kier alpha value is -2.48. The Morgan fingerprint density at radius 3 is 2.70 bits per heavy atom. The molecule has 2 aliphatic heterocycles. The first-order valence-corrected chi connectivity index (χ1v) is 6.77. The Morgan fingerprint density at radius 1 is 0.900 bits per heavy atom. The van der Waals surface area contributed by atoms with Crippen molar-refractivity contribution in [1.29, 1.82) is 0 Å². The van der Waals surface area contributed by atoms with Gasteiger partial charge in [0.05, 0.1) is 5.56 Å². The minimum Gasteiger partial charge on any atom is -0.489 e. The van der Waals surface area contributed by atoms with Crippen LogP contribution in [-0.4, -0.2) is 13.2 Å². The third-order valence-corrected chi connectivity index (χ3v) is 3.65. The molecule has 0 saturated carbocycles. The molecular weight excluding hydrogens is 248 g/mol. The second-order valence-electron chi connectivity index (χ2n) is 4.93. The van der Waals surface area contributed by atoms with Crippen molar-refractivity contribution >= 4 is 17.7 Å². The van der Waals surface area contributed by atoms with Gasteiger partial charge in [0.15, 0.2) is 0 Å². The summed E-state index contributed by atoms with van der Waals surface area (Å²) < 4.78 is 11.6. The molecule has 0 bridgehead atoms. The van der Waals surface area contributed by atoms with Gasteiger partial charge >= 0.3 is 0 Å². The van der Waals surface area contributed by atoms with Crippen LogP contribution in [0.15, 0.2) is 48.5 Å². The van der Waals surface area contributed by atoms with Gasteiger partial charge in [-0.25, -0.2) is 0 Å². The predicted octanol–water partition coefficient (Wildman–Crippen LogP) is 4.03. The van der Waals surface area contributed by atoms with Crippen LogP contribution in [-0.2, 0) is 0 Å². The average molecular weight is 262 g/mol. The van der Waals surface area contributed by atoms with Crippen molar-refractivity contribution in [2.24, 2.45) is 0 Å². The number of rotatable bonds is 1. The monoisotopic (exact) mass is 262 g/mol. The quantitative estimate of drug-likeness (QED) is 0.772. The first-order chi connectivity index (χ1) is 9.92. The minimum absolute atomic E-state index is 0.599. The Balaban J connectivity index is 1.81. The number of fused-ring (bicyclic) bond motifs is 3. The third kappa shape index (κ3) is 1.81. The van der Waals surface area contributed by atoms with Crippen LogP contribution in [0, 0.1) is 0 Å². The molecule has 0 unspecified atom stereocenters. The van der Waals surface area contributed by atoms with E-state index in [1.54, 1.807) is 0 Å². The molecule has 0 atom stereocenters. The molecule has 0 aliphatic carbocycles. The summed E-state index contributed by atoms with van der Waals surface area (Å²) >= 11 is 0. The smallest absolute Gasteiger partial charge is 0.137 e. The molecule has 0 radical (unpaired) electrons. The van der Waals surface area contributed by atoms with Gasteiger partial charge in [-0.15, -0.1) is 0 Å². The lowest BCUT2D eigenvalue weighted by Gasteiger charge is -2.23. The topological polar surface area (TPSA) is 18.5 Å². The summed E-state index contributed by atoms with van der Waals surface area (Å²) in [7, 11) is 0. The summed E-state index contributed by atoms with van der Waals surface area (Å²) in [5, 5.41) is 0. The van der Waals surface area contributed by atoms with Crippen molar-refractivity contribution in [3.05, 3.63) is 65.2 Å². The van der Waals surface area contributed by atoms with E-state index in [1.165, 1.54) is 11.1 Å². The molecule has 0 saturated heterocycles. The highest BCUT2D eigenvalue weighted by Crippen LogP contribution is 2.39. The lowest BCUT2D eigenvalue weighted by Crippen LogP contribution is -2.10. The molecule has 2 heterocycles. The van der Waals surface area contributed by atoms with Crippen LogP contribution in [0.2, 0.25) is 0 Å². The zero-order valence-corrected chi connectivity index (χ0v) is 11.0. The van der Waals surface area contributed by atoms with E-state index in [0.717, 1.165) is 22.6 Å². The SMILES string of the molecule is C1=Cc2c(ccc3c2OCC(c2ccccc2)=C3)OC1. The van der Waals surface area contributed by atoms with Crippen molar-refractivity contribution in [3.63, 3.8) is 0 Å². The second-order valence-corrected chi connectivity index (χ2v) is 4.93. The zero-order valence-electron chi connectivity index (χ0n) is 11.0. The number of hydrogen-bond acceptors (Lipinski definition) is 2. The van der Waals surface area contributed by atoms with Gasteiger partial charge in [0.2, 0.25) is 0 Å². The van der Waals surface area contributed by atoms with Gasteiger partial charge in [-0.1, -0.05) is 30.3 Å². The van der Waals surface area contributed by atoms with Crippen LogP contribution in [0.1, 0.15) is 16.7 Å². The molecule has 2 aromatic rings. The molecular formula is C18H14O2. The highest BCUT2D eigenvalue weighted by atomic mass is 16.5. The first kappa shape index (κ1) is 11.4. The van der Waals surface area contributed by atoms with Crippen molar-refractivity contribution in [1.82, 2.24) is 0 Å². The highest BCUT2D eigenvalue weighted by Gasteiger charge is 2.19. The average Bonchev–Trinajstić information content (AvgIpc) is 2.55. The van der Waals surface area contributed by atoms with E-state index < -0.39 is 0 Å². The van der Waals surface area contributed by atoms with E-state index >= 15 is 0 Å². The molecule has 4 rings (SSSR count). The van der Waals surface area contributed by atoms with E-state index in [-0.39, 0.29) is 0 Å². The first-order valence-electron chi connectivity index (χ1n) is 6.77. The molecule has 0 aromatic heterocycles. The number of benzene rings is 2. The number of ether oxygens (including phenoxy) is 2. The maximum absolute atomic E-state index is 5.99. The van der Waals surface area contributed by atoms with Crippen LogP contribution in [0.4, 0.5) is 0 Å². The minimum atomic E-state index is 0.599. The molecule has 20 heavy (non-hydrogen) atoms. The molecule has 0 spiro atoms. The highest BCUT2D eigenvalue weighted by molar-refractivity contribution is 5.88. The van der Waals surface area contributed by atoms with Gasteiger partial charge in [-0.3, -0.25) is 0 Å². The van der Waals surface area contributed by atoms with Crippen LogP contribution < -0.4 is 9.47 Å². The van der Waals surface area contributed by atoms with E-state index in [1.807, 2.05) is 18.2 Å². The largest absolute Gasteiger partial charge is 0.489 e. The van der Waals surface area contributed by atoms with Crippen LogP contribution in [0.3, 0.4) is 0 Å². The Labute approximate surface area is 118 Å². The van der Waals surface area contributed by atoms with Crippen molar-refractivity contribution in [2.45, 2.75) is 0 Å². The van der Waals surface area contributed by atoms with Crippen LogP contribution >= 0.6 is 0 Å². The summed E-state index contributed by atoms with van der Waals surface area (Å²) in [5.41, 5.74) is 4.59.